The molecule has 0 amide bonds. The second-order valence-corrected chi connectivity index (χ2v) is 7.33. The molecule has 2 aromatic heterocycles. The SMILES string of the molecule is Cc1ncc(CNC2CCc3sc(Cl)cc32)s1. The average molecular weight is 285 g/mol. The highest BCUT2D eigenvalue weighted by molar-refractivity contribution is 7.16. The van der Waals surface area contributed by atoms with Gasteiger partial charge in [0.15, 0.2) is 0 Å². The Morgan fingerprint density at radius 2 is 2.41 bits per heavy atom. The van der Waals surface area contributed by atoms with Gasteiger partial charge in [-0.05, 0) is 31.4 Å². The quantitative estimate of drug-likeness (QED) is 0.923. The van der Waals surface area contributed by atoms with Gasteiger partial charge in [0.2, 0.25) is 0 Å². The van der Waals surface area contributed by atoms with Crippen molar-refractivity contribution in [1.82, 2.24) is 10.3 Å². The molecule has 0 saturated carbocycles. The topological polar surface area (TPSA) is 24.9 Å². The third-order valence-corrected chi connectivity index (χ3v) is 5.29. The van der Waals surface area contributed by atoms with Crippen molar-refractivity contribution in [3.05, 3.63) is 36.9 Å². The molecule has 1 atom stereocenters. The van der Waals surface area contributed by atoms with Gasteiger partial charge < -0.3 is 5.32 Å². The molecule has 3 rings (SSSR count). The Morgan fingerprint density at radius 3 is 3.18 bits per heavy atom. The summed E-state index contributed by atoms with van der Waals surface area (Å²) in [4.78, 5) is 7.02. The molecule has 0 saturated heterocycles. The zero-order valence-corrected chi connectivity index (χ0v) is 11.9. The van der Waals surface area contributed by atoms with E-state index in [-0.39, 0.29) is 0 Å². The first-order valence-corrected chi connectivity index (χ1v) is 7.66. The molecule has 0 aromatic carbocycles. The maximum Gasteiger partial charge on any atom is 0.0934 e. The molecule has 1 aliphatic rings. The highest BCUT2D eigenvalue weighted by Crippen LogP contribution is 2.39. The Balaban J connectivity index is 1.67. The lowest BCUT2D eigenvalue weighted by Crippen LogP contribution is -2.17. The number of fused-ring (bicyclic) bond motifs is 1. The summed E-state index contributed by atoms with van der Waals surface area (Å²) in [5, 5.41) is 4.73. The zero-order valence-electron chi connectivity index (χ0n) is 9.50. The molecule has 5 heteroatoms. The Labute approximate surface area is 114 Å². The fraction of sp³-hybridized carbons (Fsp3) is 0.417. The predicted octanol–water partition coefficient (Wildman–Crippen LogP) is 3.94. The van der Waals surface area contributed by atoms with Crippen LogP contribution in [0, 0.1) is 6.92 Å². The summed E-state index contributed by atoms with van der Waals surface area (Å²) in [6.45, 7) is 2.95. The fourth-order valence-electron chi connectivity index (χ4n) is 2.25. The number of nitrogens with one attached hydrogen (secondary N) is 1. The summed E-state index contributed by atoms with van der Waals surface area (Å²) in [6.07, 6.45) is 4.31. The zero-order chi connectivity index (χ0) is 11.8. The van der Waals surface area contributed by atoms with Crippen LogP contribution >= 0.6 is 34.3 Å². The molecule has 17 heavy (non-hydrogen) atoms. The molecule has 2 nitrogen and oxygen atoms in total. The van der Waals surface area contributed by atoms with E-state index < -0.39 is 0 Å². The number of rotatable bonds is 3. The minimum atomic E-state index is 0.469. The van der Waals surface area contributed by atoms with Crippen LogP contribution in [-0.4, -0.2) is 4.98 Å². The highest BCUT2D eigenvalue weighted by atomic mass is 35.5. The van der Waals surface area contributed by atoms with Gasteiger partial charge in [0.1, 0.15) is 0 Å². The van der Waals surface area contributed by atoms with Crippen molar-refractivity contribution in [2.24, 2.45) is 0 Å². The lowest BCUT2D eigenvalue weighted by atomic mass is 10.2. The van der Waals surface area contributed by atoms with Crippen LogP contribution in [0.15, 0.2) is 12.3 Å². The van der Waals surface area contributed by atoms with Crippen LogP contribution in [-0.2, 0) is 13.0 Å². The Morgan fingerprint density at radius 1 is 1.53 bits per heavy atom. The molecule has 0 bridgehead atoms. The average Bonchev–Trinajstić information content (AvgIpc) is 2.92. The van der Waals surface area contributed by atoms with Gasteiger partial charge in [-0.15, -0.1) is 22.7 Å². The lowest BCUT2D eigenvalue weighted by molar-refractivity contribution is 0.533. The highest BCUT2D eigenvalue weighted by Gasteiger charge is 2.24. The van der Waals surface area contributed by atoms with Gasteiger partial charge in [0, 0.05) is 28.5 Å². The standard InChI is InChI=1S/C12H13ClN2S2/c1-7-14-5-8(16-7)6-15-10-2-3-11-9(10)4-12(13)17-11/h4-5,10,15H,2-3,6H2,1H3. The van der Waals surface area contributed by atoms with Crippen LogP contribution in [0.5, 0.6) is 0 Å². The number of hydrogen-bond acceptors (Lipinski definition) is 4. The van der Waals surface area contributed by atoms with Crippen LogP contribution in [0.4, 0.5) is 0 Å². The Kier molecular flexibility index (Phi) is 3.21. The van der Waals surface area contributed by atoms with E-state index in [9.17, 15) is 0 Å². The van der Waals surface area contributed by atoms with Crippen molar-refractivity contribution in [2.45, 2.75) is 32.4 Å². The first kappa shape index (κ1) is 11.7. The molecule has 1 N–H and O–H groups in total. The molecule has 2 aromatic rings. The summed E-state index contributed by atoms with van der Waals surface area (Å²) in [6, 6.07) is 2.58. The number of thiazole rings is 1. The fourth-order valence-corrected chi connectivity index (χ4v) is 4.36. The summed E-state index contributed by atoms with van der Waals surface area (Å²) in [5.41, 5.74) is 1.40. The molecule has 1 aliphatic carbocycles. The second-order valence-electron chi connectivity index (χ2n) is 4.25. The third-order valence-electron chi connectivity index (χ3n) is 3.04. The molecule has 1 unspecified atom stereocenters. The van der Waals surface area contributed by atoms with Gasteiger partial charge in [0.25, 0.3) is 0 Å². The number of aryl methyl sites for hydroxylation is 2. The molecule has 0 fully saturated rings. The van der Waals surface area contributed by atoms with Gasteiger partial charge in [-0.3, -0.25) is 0 Å². The normalized spacial score (nSPS) is 18.6. The molecule has 2 heterocycles. The van der Waals surface area contributed by atoms with E-state index >= 15 is 0 Å². The summed E-state index contributed by atoms with van der Waals surface area (Å²) < 4.78 is 0.912. The van der Waals surface area contributed by atoms with E-state index in [0.717, 1.165) is 22.3 Å². The maximum atomic E-state index is 6.05. The van der Waals surface area contributed by atoms with Crippen molar-refractivity contribution in [2.75, 3.05) is 0 Å². The van der Waals surface area contributed by atoms with Crippen molar-refractivity contribution < 1.29 is 0 Å². The van der Waals surface area contributed by atoms with Crippen molar-refractivity contribution in [3.8, 4) is 0 Å². The number of aromatic nitrogens is 1. The number of hydrogen-bond donors (Lipinski definition) is 1. The van der Waals surface area contributed by atoms with Gasteiger partial charge >= 0.3 is 0 Å². The van der Waals surface area contributed by atoms with Crippen LogP contribution in [0.25, 0.3) is 0 Å². The monoisotopic (exact) mass is 284 g/mol. The van der Waals surface area contributed by atoms with Gasteiger partial charge in [-0.2, -0.15) is 0 Å². The van der Waals surface area contributed by atoms with Crippen LogP contribution in [0.2, 0.25) is 4.34 Å². The Hall–Kier alpha value is -0.420. The summed E-state index contributed by atoms with van der Waals surface area (Å²) in [5.74, 6) is 0. The van der Waals surface area contributed by atoms with Gasteiger partial charge in [0.05, 0.1) is 9.34 Å². The van der Waals surface area contributed by atoms with E-state index in [1.165, 1.54) is 21.7 Å². The van der Waals surface area contributed by atoms with Crippen LogP contribution in [0.1, 0.15) is 32.8 Å². The van der Waals surface area contributed by atoms with Crippen LogP contribution in [0.3, 0.4) is 0 Å². The number of thiophene rings is 1. The van der Waals surface area contributed by atoms with Crippen molar-refractivity contribution in [3.63, 3.8) is 0 Å². The van der Waals surface area contributed by atoms with E-state index in [2.05, 4.69) is 16.4 Å². The smallest absolute Gasteiger partial charge is 0.0934 e. The lowest BCUT2D eigenvalue weighted by Gasteiger charge is -2.11. The third kappa shape index (κ3) is 2.40. The summed E-state index contributed by atoms with van der Waals surface area (Å²) >= 11 is 9.53. The maximum absolute atomic E-state index is 6.05. The molecule has 90 valence electrons. The predicted molar refractivity (Wildman–Crippen MR) is 74.1 cm³/mol. The summed E-state index contributed by atoms with van der Waals surface area (Å²) in [7, 11) is 0. The number of halogens is 1. The van der Waals surface area contributed by atoms with E-state index in [4.69, 9.17) is 11.6 Å². The molecular formula is C12H13ClN2S2. The van der Waals surface area contributed by atoms with E-state index in [1.54, 1.807) is 22.7 Å². The first-order valence-electron chi connectivity index (χ1n) is 5.65. The van der Waals surface area contributed by atoms with Crippen molar-refractivity contribution >= 4 is 34.3 Å². The molecular weight excluding hydrogens is 272 g/mol. The van der Waals surface area contributed by atoms with E-state index in [0.29, 0.717) is 6.04 Å². The Bertz CT molecular complexity index is 532. The molecule has 0 spiro atoms. The first-order chi connectivity index (χ1) is 8.22. The van der Waals surface area contributed by atoms with Gasteiger partial charge in [-0.1, -0.05) is 11.6 Å². The number of nitrogens with zero attached hydrogens (tertiary/aromatic N) is 1. The van der Waals surface area contributed by atoms with Gasteiger partial charge in [-0.25, -0.2) is 4.98 Å². The van der Waals surface area contributed by atoms with Crippen LogP contribution < -0.4 is 5.32 Å². The molecule has 0 radical (unpaired) electrons. The second kappa shape index (κ2) is 4.69. The minimum Gasteiger partial charge on any atom is -0.305 e. The van der Waals surface area contributed by atoms with E-state index in [1.807, 2.05) is 13.1 Å². The minimum absolute atomic E-state index is 0.469. The van der Waals surface area contributed by atoms with Crippen molar-refractivity contribution in [1.29, 1.82) is 0 Å². The molecule has 0 aliphatic heterocycles. The largest absolute Gasteiger partial charge is 0.305 e.